The zero-order valence-electron chi connectivity index (χ0n) is 16.7. The second-order valence-electron chi connectivity index (χ2n) is 7.34. The van der Waals surface area contributed by atoms with Crippen molar-refractivity contribution in [3.63, 3.8) is 0 Å². The summed E-state index contributed by atoms with van der Waals surface area (Å²) >= 11 is 1.65. The van der Waals surface area contributed by atoms with Crippen LogP contribution in [0.3, 0.4) is 0 Å². The van der Waals surface area contributed by atoms with Crippen molar-refractivity contribution in [2.45, 2.75) is 12.5 Å². The highest BCUT2D eigenvalue weighted by molar-refractivity contribution is 7.10. The molecule has 31 heavy (non-hydrogen) atoms. The van der Waals surface area contributed by atoms with Crippen LogP contribution in [0.1, 0.15) is 16.5 Å². The Morgan fingerprint density at radius 2 is 1.90 bits per heavy atom. The van der Waals surface area contributed by atoms with Gasteiger partial charge >= 0.3 is 11.8 Å². The van der Waals surface area contributed by atoms with E-state index in [1.807, 2.05) is 23.6 Å². The smallest absolute Gasteiger partial charge is 0.313 e. The van der Waals surface area contributed by atoms with Crippen LogP contribution in [0.25, 0.3) is 0 Å². The number of carbonyl (C=O) groups is 2. The first kappa shape index (κ1) is 19.4. The molecule has 8 heteroatoms. The van der Waals surface area contributed by atoms with Crippen LogP contribution in [-0.2, 0) is 16.0 Å². The van der Waals surface area contributed by atoms with Gasteiger partial charge < -0.3 is 25.0 Å². The van der Waals surface area contributed by atoms with Crippen molar-refractivity contribution in [2.75, 3.05) is 30.1 Å². The molecule has 2 amide bonds. The van der Waals surface area contributed by atoms with E-state index in [2.05, 4.69) is 33.7 Å². The molecule has 2 aromatic carbocycles. The van der Waals surface area contributed by atoms with Crippen LogP contribution in [-0.4, -0.2) is 31.7 Å². The number of nitrogens with one attached hydrogen (secondary N) is 2. The van der Waals surface area contributed by atoms with Crippen LogP contribution in [0.15, 0.2) is 60.0 Å². The predicted molar refractivity (Wildman–Crippen MR) is 119 cm³/mol. The Kier molecular flexibility index (Phi) is 5.21. The van der Waals surface area contributed by atoms with Crippen molar-refractivity contribution in [1.29, 1.82) is 0 Å². The van der Waals surface area contributed by atoms with E-state index in [0.717, 1.165) is 17.8 Å². The van der Waals surface area contributed by atoms with Crippen LogP contribution in [0.4, 0.5) is 11.4 Å². The Bertz CT molecular complexity index is 1120. The van der Waals surface area contributed by atoms with Gasteiger partial charge in [-0.05, 0) is 41.6 Å². The molecule has 3 aromatic rings. The first-order chi connectivity index (χ1) is 15.2. The summed E-state index contributed by atoms with van der Waals surface area (Å²) in [4.78, 5) is 28.4. The molecule has 0 spiro atoms. The Labute approximate surface area is 183 Å². The van der Waals surface area contributed by atoms with Crippen LogP contribution >= 0.6 is 11.3 Å². The van der Waals surface area contributed by atoms with Gasteiger partial charge in [-0.25, -0.2) is 0 Å². The number of amides is 2. The molecule has 0 radical (unpaired) electrons. The molecule has 7 nitrogen and oxygen atoms in total. The zero-order chi connectivity index (χ0) is 21.2. The van der Waals surface area contributed by atoms with Gasteiger partial charge in [0.2, 0.25) is 6.79 Å². The SMILES string of the molecule is O=C(NCC(c1cccs1)N1CCc2ccccc21)C(=O)Nc1ccc2c(c1)OCO2. The number of rotatable bonds is 5. The molecule has 0 saturated heterocycles. The first-order valence-corrected chi connectivity index (χ1v) is 10.9. The summed E-state index contributed by atoms with van der Waals surface area (Å²) in [5.41, 5.74) is 2.96. The van der Waals surface area contributed by atoms with Crippen molar-refractivity contribution in [3.05, 3.63) is 70.4 Å². The molecule has 2 aliphatic rings. The Morgan fingerprint density at radius 1 is 1.03 bits per heavy atom. The molecule has 158 valence electrons. The molecule has 0 saturated carbocycles. The maximum atomic E-state index is 12.5. The third-order valence-electron chi connectivity index (χ3n) is 5.46. The van der Waals surface area contributed by atoms with Crippen molar-refractivity contribution in [2.24, 2.45) is 0 Å². The van der Waals surface area contributed by atoms with Crippen LogP contribution in [0, 0.1) is 0 Å². The van der Waals surface area contributed by atoms with Crippen LogP contribution < -0.4 is 25.0 Å². The first-order valence-electron chi connectivity index (χ1n) is 10.1. The number of fused-ring (bicyclic) bond motifs is 2. The fourth-order valence-electron chi connectivity index (χ4n) is 3.96. The minimum absolute atomic E-state index is 0.0362. The summed E-state index contributed by atoms with van der Waals surface area (Å²) in [6, 6.07) is 17.4. The number of nitrogens with zero attached hydrogens (tertiary/aromatic N) is 1. The highest BCUT2D eigenvalue weighted by Gasteiger charge is 2.28. The molecular formula is C23H21N3O4S. The number of benzene rings is 2. The van der Waals surface area contributed by atoms with Gasteiger partial charge in [-0.1, -0.05) is 24.3 Å². The zero-order valence-corrected chi connectivity index (χ0v) is 17.5. The van der Waals surface area contributed by atoms with Gasteiger partial charge in [0.25, 0.3) is 0 Å². The standard InChI is InChI=1S/C23H21N3O4S/c27-22(23(28)25-16-7-8-19-20(12-16)30-14-29-19)24-13-18(21-6-3-11-31-21)26-10-9-15-4-1-2-5-17(15)26/h1-8,11-12,18H,9-10,13-14H2,(H,24,27)(H,25,28). The molecule has 2 aliphatic heterocycles. The largest absolute Gasteiger partial charge is 0.454 e. The average Bonchev–Trinajstić information content (AvgIpc) is 3.55. The van der Waals surface area contributed by atoms with Gasteiger partial charge in [-0.2, -0.15) is 0 Å². The van der Waals surface area contributed by atoms with Gasteiger partial charge in [0, 0.05) is 35.4 Å². The molecule has 0 bridgehead atoms. The lowest BCUT2D eigenvalue weighted by atomic mass is 10.1. The highest BCUT2D eigenvalue weighted by Crippen LogP contribution is 2.36. The van der Waals surface area contributed by atoms with E-state index in [1.54, 1.807) is 29.5 Å². The van der Waals surface area contributed by atoms with E-state index < -0.39 is 11.8 Å². The second-order valence-corrected chi connectivity index (χ2v) is 8.31. The van der Waals surface area contributed by atoms with Gasteiger partial charge in [0.05, 0.1) is 6.04 Å². The summed E-state index contributed by atoms with van der Waals surface area (Å²) in [7, 11) is 0. The second kappa shape index (κ2) is 8.31. The van der Waals surface area contributed by atoms with Gasteiger partial charge in [-0.3, -0.25) is 9.59 Å². The number of thiophene rings is 1. The summed E-state index contributed by atoms with van der Waals surface area (Å²) < 4.78 is 10.6. The minimum Gasteiger partial charge on any atom is -0.454 e. The quantitative estimate of drug-likeness (QED) is 0.601. The van der Waals surface area contributed by atoms with Crippen LogP contribution in [0.5, 0.6) is 11.5 Å². The van der Waals surface area contributed by atoms with Crippen molar-refractivity contribution < 1.29 is 19.1 Å². The number of ether oxygens (including phenoxy) is 2. The van der Waals surface area contributed by atoms with E-state index in [0.29, 0.717) is 23.7 Å². The number of para-hydroxylation sites is 1. The Morgan fingerprint density at radius 3 is 2.77 bits per heavy atom. The summed E-state index contributed by atoms with van der Waals surface area (Å²) in [6.45, 7) is 1.36. The van der Waals surface area contributed by atoms with E-state index in [9.17, 15) is 9.59 Å². The maximum Gasteiger partial charge on any atom is 0.313 e. The van der Waals surface area contributed by atoms with E-state index in [-0.39, 0.29) is 12.8 Å². The molecular weight excluding hydrogens is 414 g/mol. The lowest BCUT2D eigenvalue weighted by Gasteiger charge is -2.30. The lowest BCUT2D eigenvalue weighted by molar-refractivity contribution is -0.136. The molecule has 1 aromatic heterocycles. The number of hydrogen-bond acceptors (Lipinski definition) is 6. The predicted octanol–water partition coefficient (Wildman–Crippen LogP) is 3.34. The summed E-state index contributed by atoms with van der Waals surface area (Å²) in [5.74, 6) is -0.229. The number of hydrogen-bond donors (Lipinski definition) is 2. The maximum absolute atomic E-state index is 12.5. The number of carbonyl (C=O) groups excluding carboxylic acids is 2. The molecule has 2 N–H and O–H groups in total. The Balaban J connectivity index is 1.26. The highest BCUT2D eigenvalue weighted by atomic mass is 32.1. The molecule has 1 unspecified atom stereocenters. The number of anilines is 2. The summed E-state index contributed by atoms with van der Waals surface area (Å²) in [6.07, 6.45) is 0.969. The van der Waals surface area contributed by atoms with E-state index >= 15 is 0 Å². The average molecular weight is 436 g/mol. The monoisotopic (exact) mass is 435 g/mol. The molecule has 0 fully saturated rings. The van der Waals surface area contributed by atoms with Crippen molar-refractivity contribution >= 4 is 34.5 Å². The van der Waals surface area contributed by atoms with Crippen molar-refractivity contribution in [3.8, 4) is 11.5 Å². The van der Waals surface area contributed by atoms with Crippen molar-refractivity contribution in [1.82, 2.24) is 5.32 Å². The molecule has 1 atom stereocenters. The van der Waals surface area contributed by atoms with Gasteiger partial charge in [-0.15, -0.1) is 11.3 Å². The lowest BCUT2D eigenvalue weighted by Crippen LogP contribution is -2.41. The normalized spacial score (nSPS) is 14.8. The van der Waals surface area contributed by atoms with Gasteiger partial charge in [0.1, 0.15) is 0 Å². The fraction of sp³-hybridized carbons (Fsp3) is 0.217. The van der Waals surface area contributed by atoms with E-state index in [1.165, 1.54) is 11.3 Å². The topological polar surface area (TPSA) is 79.9 Å². The van der Waals surface area contributed by atoms with Crippen LogP contribution in [0.2, 0.25) is 0 Å². The fourth-order valence-corrected chi connectivity index (χ4v) is 4.80. The third-order valence-corrected chi connectivity index (χ3v) is 6.44. The summed E-state index contributed by atoms with van der Waals surface area (Å²) in [5, 5.41) is 7.45. The van der Waals surface area contributed by atoms with E-state index in [4.69, 9.17) is 9.47 Å². The Hall–Kier alpha value is -3.52. The third kappa shape index (κ3) is 3.94. The molecule has 5 rings (SSSR count). The molecule has 0 aliphatic carbocycles. The minimum atomic E-state index is -0.717. The van der Waals surface area contributed by atoms with Gasteiger partial charge in [0.15, 0.2) is 11.5 Å². The molecule has 3 heterocycles.